The van der Waals surface area contributed by atoms with Crippen molar-refractivity contribution in [3.63, 3.8) is 0 Å². The van der Waals surface area contributed by atoms with Gasteiger partial charge in [0.15, 0.2) is 0 Å². The second-order valence-electron chi connectivity index (χ2n) is 4.83. The van der Waals surface area contributed by atoms with Gasteiger partial charge in [-0.3, -0.25) is 0 Å². The smallest absolute Gasteiger partial charge is 0.323 e. The van der Waals surface area contributed by atoms with Crippen molar-refractivity contribution in [1.29, 1.82) is 0 Å². The summed E-state index contributed by atoms with van der Waals surface area (Å²) in [4.78, 5) is 16.5. The molecule has 0 spiro atoms. The van der Waals surface area contributed by atoms with Crippen LogP contribution in [0.25, 0.3) is 5.95 Å². The Hall–Kier alpha value is -2.25. The van der Waals surface area contributed by atoms with Crippen molar-refractivity contribution in [2.75, 3.05) is 11.9 Å². The van der Waals surface area contributed by atoms with Gasteiger partial charge in [-0.05, 0) is 27.7 Å². The van der Waals surface area contributed by atoms with Crippen LogP contribution >= 0.6 is 0 Å². The molecule has 8 heteroatoms. The molecule has 2 aromatic rings. The van der Waals surface area contributed by atoms with Gasteiger partial charge in [0.2, 0.25) is 5.95 Å². The Bertz CT molecular complexity index is 532. The highest BCUT2D eigenvalue weighted by molar-refractivity contribution is 5.29. The number of anilines is 1. The van der Waals surface area contributed by atoms with Crippen LogP contribution in [0, 0.1) is 0 Å². The number of nitrogens with zero attached hydrogens (tertiary/aromatic N) is 6. The molecule has 0 unspecified atom stereocenters. The summed E-state index contributed by atoms with van der Waals surface area (Å²) >= 11 is 0. The molecule has 2 rings (SSSR count). The molecule has 102 valence electrons. The first-order valence-corrected chi connectivity index (χ1v) is 6.02. The van der Waals surface area contributed by atoms with Crippen molar-refractivity contribution < 1.29 is 4.74 Å². The van der Waals surface area contributed by atoms with Gasteiger partial charge >= 0.3 is 6.01 Å². The maximum absolute atomic E-state index is 5.66. The molecule has 8 nitrogen and oxygen atoms in total. The predicted octanol–water partition coefficient (Wildman–Crippen LogP) is 1.06. The maximum atomic E-state index is 5.66. The minimum Gasteiger partial charge on any atom is -0.458 e. The highest BCUT2D eigenvalue weighted by Crippen LogP contribution is 2.15. The Labute approximate surface area is 111 Å². The van der Waals surface area contributed by atoms with Gasteiger partial charge in [-0.15, -0.1) is 0 Å². The molecule has 1 N–H and O–H groups in total. The molecule has 2 aromatic heterocycles. The van der Waals surface area contributed by atoms with Crippen LogP contribution in [-0.2, 0) is 0 Å². The molecular formula is C11H17N7O. The van der Waals surface area contributed by atoms with E-state index in [-0.39, 0.29) is 11.6 Å². The Morgan fingerprint density at radius 3 is 2.63 bits per heavy atom. The fourth-order valence-electron chi connectivity index (χ4n) is 1.32. The van der Waals surface area contributed by atoms with Gasteiger partial charge in [0.05, 0.1) is 0 Å². The normalized spacial score (nSPS) is 11.4. The highest BCUT2D eigenvalue weighted by Gasteiger charge is 2.16. The lowest BCUT2D eigenvalue weighted by atomic mass is 10.2. The van der Waals surface area contributed by atoms with Crippen molar-refractivity contribution in [3.8, 4) is 12.0 Å². The largest absolute Gasteiger partial charge is 0.458 e. The van der Waals surface area contributed by atoms with Crippen LogP contribution in [-0.4, -0.2) is 41.9 Å². The topological polar surface area (TPSA) is 90.6 Å². The molecule has 19 heavy (non-hydrogen) atoms. The number of hydrogen-bond donors (Lipinski definition) is 1. The molecule has 0 saturated heterocycles. The number of aromatic nitrogens is 6. The van der Waals surface area contributed by atoms with Gasteiger partial charge in [0.25, 0.3) is 5.95 Å². The van der Waals surface area contributed by atoms with Crippen molar-refractivity contribution in [2.45, 2.75) is 33.3 Å². The summed E-state index contributed by atoms with van der Waals surface area (Å²) < 4.78 is 7.12. The maximum Gasteiger partial charge on any atom is 0.323 e. The number of nitrogens with one attached hydrogen (secondary N) is 1. The van der Waals surface area contributed by atoms with Gasteiger partial charge in [0.1, 0.15) is 18.3 Å². The van der Waals surface area contributed by atoms with Crippen LogP contribution < -0.4 is 10.1 Å². The molecule has 0 amide bonds. The highest BCUT2D eigenvalue weighted by atomic mass is 16.5. The third-order valence-electron chi connectivity index (χ3n) is 1.96. The predicted molar refractivity (Wildman–Crippen MR) is 69.3 cm³/mol. The van der Waals surface area contributed by atoms with Crippen LogP contribution in [0.5, 0.6) is 6.01 Å². The Kier molecular flexibility index (Phi) is 3.59. The van der Waals surface area contributed by atoms with Crippen molar-refractivity contribution >= 4 is 5.95 Å². The number of rotatable bonds is 4. The fourth-order valence-corrected chi connectivity index (χ4v) is 1.32. The van der Waals surface area contributed by atoms with Crippen LogP contribution in [0.3, 0.4) is 0 Å². The molecule has 0 fully saturated rings. The average molecular weight is 263 g/mol. The minimum atomic E-state index is -0.384. The van der Waals surface area contributed by atoms with E-state index in [4.69, 9.17) is 4.74 Å². The van der Waals surface area contributed by atoms with Crippen LogP contribution in [0.15, 0.2) is 12.7 Å². The molecule has 0 saturated carbocycles. The zero-order chi connectivity index (χ0) is 13.9. The van der Waals surface area contributed by atoms with E-state index in [1.165, 1.54) is 17.3 Å². The van der Waals surface area contributed by atoms with Gasteiger partial charge in [-0.2, -0.15) is 24.7 Å². The molecule has 0 radical (unpaired) electrons. The zero-order valence-electron chi connectivity index (χ0n) is 11.5. The van der Waals surface area contributed by atoms with Crippen LogP contribution in [0.4, 0.5) is 5.95 Å². The van der Waals surface area contributed by atoms with Crippen molar-refractivity contribution in [3.05, 3.63) is 12.7 Å². The molecule has 2 heterocycles. The van der Waals surface area contributed by atoms with E-state index in [0.717, 1.165) is 0 Å². The second-order valence-corrected chi connectivity index (χ2v) is 4.83. The second kappa shape index (κ2) is 5.17. The third-order valence-corrected chi connectivity index (χ3v) is 1.96. The summed E-state index contributed by atoms with van der Waals surface area (Å²) in [6.07, 6.45) is 2.94. The monoisotopic (exact) mass is 263 g/mol. The lowest BCUT2D eigenvalue weighted by Crippen LogP contribution is -2.25. The van der Waals surface area contributed by atoms with Crippen LogP contribution in [0.1, 0.15) is 27.7 Å². The van der Waals surface area contributed by atoms with Gasteiger partial charge in [-0.1, -0.05) is 0 Å². The minimum absolute atomic E-state index is 0.254. The lowest BCUT2D eigenvalue weighted by Gasteiger charge is -2.19. The molecule has 0 aliphatic rings. The molecule has 0 aliphatic carbocycles. The number of ether oxygens (including phenoxy) is 1. The van der Waals surface area contributed by atoms with Gasteiger partial charge < -0.3 is 10.1 Å². The summed E-state index contributed by atoms with van der Waals surface area (Å²) in [5.74, 6) is 0.810. The van der Waals surface area contributed by atoms with E-state index in [0.29, 0.717) is 18.4 Å². The van der Waals surface area contributed by atoms with E-state index < -0.39 is 0 Å². The molecule has 0 aliphatic heterocycles. The van der Waals surface area contributed by atoms with E-state index in [2.05, 4.69) is 30.4 Å². The summed E-state index contributed by atoms with van der Waals surface area (Å²) in [5, 5.41) is 7.03. The van der Waals surface area contributed by atoms with Crippen molar-refractivity contribution in [2.24, 2.45) is 0 Å². The summed E-state index contributed by atoms with van der Waals surface area (Å²) in [6.45, 7) is 8.45. The van der Waals surface area contributed by atoms with Crippen molar-refractivity contribution in [1.82, 2.24) is 29.7 Å². The third kappa shape index (κ3) is 3.60. The first kappa shape index (κ1) is 13.2. The summed E-state index contributed by atoms with van der Waals surface area (Å²) in [6, 6.07) is 0.254. The standard InChI is InChI=1S/C11H17N7O/c1-5-13-8-15-9(18-7-12-6-14-18)17-10(16-8)19-11(2,3)4/h6-7H,5H2,1-4H3,(H,13,15,16,17). The van der Waals surface area contributed by atoms with E-state index >= 15 is 0 Å². The number of hydrogen-bond acceptors (Lipinski definition) is 7. The fraction of sp³-hybridized carbons (Fsp3) is 0.545. The summed E-state index contributed by atoms with van der Waals surface area (Å²) in [7, 11) is 0. The van der Waals surface area contributed by atoms with Gasteiger partial charge in [-0.25, -0.2) is 4.98 Å². The SMILES string of the molecule is CCNc1nc(OC(C)(C)C)nc(-n2cncn2)n1. The Morgan fingerprint density at radius 2 is 2.05 bits per heavy atom. The Morgan fingerprint density at radius 1 is 1.26 bits per heavy atom. The van der Waals surface area contributed by atoms with E-state index in [9.17, 15) is 0 Å². The molecular weight excluding hydrogens is 246 g/mol. The van der Waals surface area contributed by atoms with E-state index in [1.54, 1.807) is 0 Å². The first-order valence-electron chi connectivity index (χ1n) is 6.02. The first-order chi connectivity index (χ1) is 8.98. The average Bonchev–Trinajstić information content (AvgIpc) is 2.79. The molecule has 0 atom stereocenters. The Balaban J connectivity index is 2.38. The zero-order valence-corrected chi connectivity index (χ0v) is 11.5. The molecule has 0 bridgehead atoms. The lowest BCUT2D eigenvalue weighted by molar-refractivity contribution is 0.116. The van der Waals surface area contributed by atoms with Gasteiger partial charge in [0, 0.05) is 6.54 Å². The quantitative estimate of drug-likeness (QED) is 0.881. The van der Waals surface area contributed by atoms with Crippen LogP contribution in [0.2, 0.25) is 0 Å². The molecule has 0 aromatic carbocycles. The van der Waals surface area contributed by atoms with E-state index in [1.807, 2.05) is 27.7 Å². The summed E-state index contributed by atoms with van der Waals surface area (Å²) in [5.41, 5.74) is -0.384.